The van der Waals surface area contributed by atoms with E-state index in [1.807, 2.05) is 13.8 Å². The Morgan fingerprint density at radius 3 is 2.60 bits per heavy atom. The maximum atomic E-state index is 12.1. The van der Waals surface area contributed by atoms with Gasteiger partial charge in [-0.3, -0.25) is 4.79 Å². The average molecular weight is 320 g/mol. The van der Waals surface area contributed by atoms with E-state index in [9.17, 15) is 13.2 Å². The lowest BCUT2D eigenvalue weighted by Gasteiger charge is -2.15. The predicted octanol–water partition coefficient (Wildman–Crippen LogP) is 1.17. The number of sulfonamides is 1. The summed E-state index contributed by atoms with van der Waals surface area (Å²) >= 11 is 5.65. The molecule has 0 bridgehead atoms. The fourth-order valence-corrected chi connectivity index (χ4v) is 2.82. The van der Waals surface area contributed by atoms with Crippen LogP contribution in [0.4, 0.5) is 0 Å². The number of carbonyl (C=O) groups excluding carboxylic acids is 1. The second kappa shape index (κ2) is 7.01. The molecule has 0 saturated carbocycles. The molecule has 0 aliphatic rings. The first-order valence-electron chi connectivity index (χ1n) is 6.14. The second-order valence-corrected chi connectivity index (χ2v) is 6.90. The van der Waals surface area contributed by atoms with Crippen molar-refractivity contribution in [2.45, 2.75) is 31.7 Å². The van der Waals surface area contributed by atoms with Gasteiger partial charge in [0, 0.05) is 12.7 Å². The van der Waals surface area contributed by atoms with Crippen LogP contribution < -0.4 is 10.0 Å². The Bertz CT molecular complexity index is 575. The summed E-state index contributed by atoms with van der Waals surface area (Å²) in [7, 11) is -3.80. The van der Waals surface area contributed by atoms with Crippen molar-refractivity contribution in [1.82, 2.24) is 15.0 Å². The Balaban J connectivity index is 2.73. The van der Waals surface area contributed by atoms with Crippen molar-refractivity contribution in [3.8, 4) is 0 Å². The molecule has 0 saturated heterocycles. The van der Waals surface area contributed by atoms with Crippen molar-refractivity contribution < 1.29 is 13.2 Å². The Hall–Kier alpha value is -1.18. The maximum absolute atomic E-state index is 12.1. The molecule has 0 aliphatic carbocycles. The molecule has 1 atom stereocenters. The van der Waals surface area contributed by atoms with Crippen LogP contribution >= 0.6 is 11.6 Å². The molecule has 2 N–H and O–H groups in total. The Kier molecular flexibility index (Phi) is 5.91. The Labute approximate surface area is 124 Å². The average Bonchev–Trinajstić information content (AvgIpc) is 2.35. The van der Waals surface area contributed by atoms with Gasteiger partial charge in [-0.2, -0.15) is 4.72 Å². The number of pyridine rings is 1. The third-order valence-electron chi connectivity index (χ3n) is 2.42. The van der Waals surface area contributed by atoms with E-state index in [2.05, 4.69) is 15.0 Å². The van der Waals surface area contributed by atoms with Crippen LogP contribution in [0.1, 0.15) is 20.8 Å². The molecule has 1 unspecified atom stereocenters. The largest absolute Gasteiger partial charge is 0.354 e. The first-order valence-corrected chi connectivity index (χ1v) is 8.00. The van der Waals surface area contributed by atoms with E-state index in [4.69, 9.17) is 11.6 Å². The first kappa shape index (κ1) is 16.9. The minimum Gasteiger partial charge on any atom is -0.354 e. The third kappa shape index (κ3) is 5.07. The van der Waals surface area contributed by atoms with Gasteiger partial charge in [0.1, 0.15) is 5.15 Å². The highest BCUT2D eigenvalue weighted by atomic mass is 35.5. The summed E-state index contributed by atoms with van der Waals surface area (Å²) < 4.78 is 26.4. The van der Waals surface area contributed by atoms with Crippen LogP contribution in [-0.2, 0) is 14.8 Å². The molecule has 1 heterocycles. The summed E-state index contributed by atoms with van der Waals surface area (Å²) in [6.07, 6.45) is 1.29. The van der Waals surface area contributed by atoms with Crippen LogP contribution in [0.2, 0.25) is 5.15 Å². The molecular formula is C12H18ClN3O3S. The number of rotatable bonds is 6. The quantitative estimate of drug-likeness (QED) is 0.770. The van der Waals surface area contributed by atoms with E-state index in [-0.39, 0.29) is 16.0 Å². The number of halogens is 1. The zero-order chi connectivity index (χ0) is 15.3. The zero-order valence-electron chi connectivity index (χ0n) is 11.6. The SMILES string of the molecule is CC(C)CNC(=O)C(C)NS(=O)(=O)c1ccnc(Cl)c1. The topological polar surface area (TPSA) is 88.2 Å². The summed E-state index contributed by atoms with van der Waals surface area (Å²) in [5.74, 6) is -0.0795. The zero-order valence-corrected chi connectivity index (χ0v) is 13.1. The Morgan fingerprint density at radius 1 is 1.40 bits per heavy atom. The van der Waals surface area contributed by atoms with Crippen LogP contribution in [0.5, 0.6) is 0 Å². The van der Waals surface area contributed by atoms with Gasteiger partial charge in [0.2, 0.25) is 15.9 Å². The highest BCUT2D eigenvalue weighted by Crippen LogP contribution is 2.13. The summed E-state index contributed by atoms with van der Waals surface area (Å²) in [5.41, 5.74) is 0. The lowest BCUT2D eigenvalue weighted by atomic mass is 10.2. The fraction of sp³-hybridized carbons (Fsp3) is 0.500. The molecule has 1 amide bonds. The second-order valence-electron chi connectivity index (χ2n) is 4.80. The Morgan fingerprint density at radius 2 is 2.05 bits per heavy atom. The van der Waals surface area contributed by atoms with Crippen LogP contribution in [-0.4, -0.2) is 31.9 Å². The normalized spacial score (nSPS) is 13.2. The molecule has 1 aromatic rings. The van der Waals surface area contributed by atoms with Crippen LogP contribution in [0.25, 0.3) is 0 Å². The number of nitrogens with zero attached hydrogens (tertiary/aromatic N) is 1. The van der Waals surface area contributed by atoms with Crippen molar-refractivity contribution in [3.05, 3.63) is 23.5 Å². The number of nitrogens with one attached hydrogen (secondary N) is 2. The first-order chi connectivity index (χ1) is 9.22. The fourth-order valence-electron chi connectivity index (χ4n) is 1.36. The van der Waals surface area contributed by atoms with Gasteiger partial charge in [-0.15, -0.1) is 0 Å². The smallest absolute Gasteiger partial charge is 0.241 e. The molecule has 1 rings (SSSR count). The number of hydrogen-bond acceptors (Lipinski definition) is 4. The predicted molar refractivity (Wildman–Crippen MR) is 76.9 cm³/mol. The van der Waals surface area contributed by atoms with Gasteiger partial charge in [0.05, 0.1) is 10.9 Å². The summed E-state index contributed by atoms with van der Waals surface area (Å²) in [4.78, 5) is 15.4. The van der Waals surface area contributed by atoms with Crippen molar-refractivity contribution in [2.24, 2.45) is 5.92 Å². The van der Waals surface area contributed by atoms with Crippen LogP contribution in [0.3, 0.4) is 0 Å². The molecule has 0 aliphatic heterocycles. The maximum Gasteiger partial charge on any atom is 0.241 e. The van der Waals surface area contributed by atoms with Crippen molar-refractivity contribution >= 4 is 27.5 Å². The van der Waals surface area contributed by atoms with Gasteiger partial charge in [0.25, 0.3) is 0 Å². The number of carbonyl (C=O) groups is 1. The van der Waals surface area contributed by atoms with E-state index >= 15 is 0 Å². The molecule has 20 heavy (non-hydrogen) atoms. The number of amides is 1. The molecule has 1 aromatic heterocycles. The molecule has 0 radical (unpaired) electrons. The standard InChI is InChI=1S/C12H18ClN3O3S/c1-8(2)7-15-12(17)9(3)16-20(18,19)10-4-5-14-11(13)6-10/h4-6,8-9,16H,7H2,1-3H3,(H,15,17). The van der Waals surface area contributed by atoms with Crippen molar-refractivity contribution in [1.29, 1.82) is 0 Å². The van der Waals surface area contributed by atoms with Crippen molar-refractivity contribution in [2.75, 3.05) is 6.54 Å². The van der Waals surface area contributed by atoms with E-state index in [1.165, 1.54) is 25.3 Å². The van der Waals surface area contributed by atoms with E-state index in [1.54, 1.807) is 0 Å². The molecule has 0 fully saturated rings. The van der Waals surface area contributed by atoms with E-state index < -0.39 is 16.1 Å². The third-order valence-corrected chi connectivity index (χ3v) is 4.16. The molecule has 0 aromatic carbocycles. The van der Waals surface area contributed by atoms with Gasteiger partial charge in [-0.1, -0.05) is 25.4 Å². The minimum absolute atomic E-state index is 0.0268. The number of hydrogen-bond donors (Lipinski definition) is 2. The van der Waals surface area contributed by atoms with Crippen LogP contribution in [0.15, 0.2) is 23.2 Å². The van der Waals surface area contributed by atoms with E-state index in [0.717, 1.165) is 0 Å². The van der Waals surface area contributed by atoms with Gasteiger partial charge in [0.15, 0.2) is 0 Å². The summed E-state index contributed by atoms with van der Waals surface area (Å²) in [6, 6.07) is 1.67. The van der Waals surface area contributed by atoms with Gasteiger partial charge >= 0.3 is 0 Å². The molecule has 112 valence electrons. The lowest BCUT2D eigenvalue weighted by molar-refractivity contribution is -0.122. The highest BCUT2D eigenvalue weighted by molar-refractivity contribution is 7.89. The highest BCUT2D eigenvalue weighted by Gasteiger charge is 2.22. The van der Waals surface area contributed by atoms with E-state index in [0.29, 0.717) is 12.5 Å². The monoisotopic (exact) mass is 319 g/mol. The molecular weight excluding hydrogens is 302 g/mol. The van der Waals surface area contributed by atoms with Gasteiger partial charge in [-0.05, 0) is 25.0 Å². The lowest BCUT2D eigenvalue weighted by Crippen LogP contribution is -2.45. The molecule has 6 nitrogen and oxygen atoms in total. The van der Waals surface area contributed by atoms with Crippen molar-refractivity contribution in [3.63, 3.8) is 0 Å². The summed E-state index contributed by atoms with van der Waals surface area (Å²) in [5, 5.41) is 2.74. The van der Waals surface area contributed by atoms with Gasteiger partial charge in [-0.25, -0.2) is 13.4 Å². The minimum atomic E-state index is -3.80. The molecule has 8 heteroatoms. The molecule has 0 spiro atoms. The number of aromatic nitrogens is 1. The van der Waals surface area contributed by atoms with Crippen LogP contribution in [0, 0.1) is 5.92 Å². The van der Waals surface area contributed by atoms with Gasteiger partial charge < -0.3 is 5.32 Å². The summed E-state index contributed by atoms with van der Waals surface area (Å²) in [6.45, 7) is 5.88.